The summed E-state index contributed by atoms with van der Waals surface area (Å²) >= 11 is 9.03. The van der Waals surface area contributed by atoms with E-state index in [0.717, 1.165) is 35.0 Å². The molecule has 0 fully saturated rings. The molecule has 0 atom stereocenters. The second kappa shape index (κ2) is 9.35. The Balaban J connectivity index is 1.44. The maximum Gasteiger partial charge on any atom is 0.263 e. The zero-order valence-electron chi connectivity index (χ0n) is 17.5. The highest BCUT2D eigenvalue weighted by Crippen LogP contribution is 2.35. The Kier molecular flexibility index (Phi) is 6.32. The van der Waals surface area contributed by atoms with Gasteiger partial charge in [-0.05, 0) is 55.5 Å². The van der Waals surface area contributed by atoms with Crippen LogP contribution < -0.4 is 5.56 Å². The number of thiophene rings is 1. The first-order chi connectivity index (χ1) is 15.6. The molecule has 166 valence electrons. The molecule has 10 heteroatoms. The minimum atomic E-state index is 0.0151. The molecule has 0 N–H and O–H groups in total. The summed E-state index contributed by atoms with van der Waals surface area (Å²) in [4.78, 5) is 24.9. The highest BCUT2D eigenvalue weighted by molar-refractivity contribution is 7.98. The molecule has 0 aliphatic heterocycles. The molecule has 4 aromatic rings. The van der Waals surface area contributed by atoms with E-state index in [1.807, 2.05) is 12.1 Å². The molecule has 1 aromatic carbocycles. The van der Waals surface area contributed by atoms with Gasteiger partial charge in [0, 0.05) is 22.6 Å². The summed E-state index contributed by atoms with van der Waals surface area (Å²) in [6.07, 6.45) is 4.29. The fourth-order valence-corrected chi connectivity index (χ4v) is 6.16. The van der Waals surface area contributed by atoms with Crippen molar-refractivity contribution in [3.05, 3.63) is 56.0 Å². The van der Waals surface area contributed by atoms with Crippen molar-refractivity contribution in [2.75, 3.05) is 13.7 Å². The number of fused-ring (bicyclic) bond motifs is 3. The lowest BCUT2D eigenvalue weighted by atomic mass is 9.97. The normalized spacial score (nSPS) is 13.6. The molecular formula is C22H21ClN4O3S2. The first kappa shape index (κ1) is 21.6. The summed E-state index contributed by atoms with van der Waals surface area (Å²) in [5.41, 5.74) is 2.04. The first-order valence-corrected chi connectivity index (χ1v) is 12.6. The monoisotopic (exact) mass is 488 g/mol. The van der Waals surface area contributed by atoms with E-state index < -0.39 is 0 Å². The largest absolute Gasteiger partial charge is 0.383 e. The summed E-state index contributed by atoms with van der Waals surface area (Å²) in [7, 11) is 1.63. The molecule has 0 radical (unpaired) electrons. The zero-order chi connectivity index (χ0) is 22.1. The molecule has 32 heavy (non-hydrogen) atoms. The topological polar surface area (TPSA) is 83.0 Å². The number of thioether (sulfide) groups is 1. The van der Waals surface area contributed by atoms with Crippen molar-refractivity contribution in [2.45, 2.75) is 43.1 Å². The smallest absolute Gasteiger partial charge is 0.263 e. The summed E-state index contributed by atoms with van der Waals surface area (Å²) < 4.78 is 12.4. The predicted molar refractivity (Wildman–Crippen MR) is 127 cm³/mol. The van der Waals surface area contributed by atoms with Gasteiger partial charge in [-0.1, -0.05) is 28.5 Å². The van der Waals surface area contributed by atoms with Crippen molar-refractivity contribution in [3.63, 3.8) is 0 Å². The second-order valence-electron chi connectivity index (χ2n) is 7.54. The van der Waals surface area contributed by atoms with Gasteiger partial charge in [-0.3, -0.25) is 9.36 Å². The third-order valence-corrected chi connectivity index (χ3v) is 7.85. The van der Waals surface area contributed by atoms with Gasteiger partial charge in [0.1, 0.15) is 4.83 Å². The van der Waals surface area contributed by atoms with Crippen LogP contribution in [0.5, 0.6) is 0 Å². The Labute approximate surface area is 197 Å². The average Bonchev–Trinajstić information content (AvgIpc) is 3.42. The number of hydrogen-bond acceptors (Lipinski definition) is 8. The number of aryl methyl sites for hydroxylation is 2. The molecule has 0 saturated heterocycles. The zero-order valence-corrected chi connectivity index (χ0v) is 19.9. The van der Waals surface area contributed by atoms with Crippen molar-refractivity contribution in [1.29, 1.82) is 0 Å². The van der Waals surface area contributed by atoms with E-state index in [-0.39, 0.29) is 5.56 Å². The van der Waals surface area contributed by atoms with Crippen LogP contribution in [0.2, 0.25) is 5.02 Å². The van der Waals surface area contributed by atoms with Crippen LogP contribution in [0, 0.1) is 0 Å². The van der Waals surface area contributed by atoms with Crippen molar-refractivity contribution >= 4 is 44.9 Å². The van der Waals surface area contributed by atoms with Crippen LogP contribution in [0.4, 0.5) is 0 Å². The number of ether oxygens (including phenoxy) is 1. The van der Waals surface area contributed by atoms with Crippen LogP contribution >= 0.6 is 34.7 Å². The standard InChI is InChI=1S/C22H21ClN4O3S2/c1-29-11-10-27-21(28)18-15-4-2-3-5-16(15)32-20(18)25-22(27)31-12-17-24-19(26-30-17)13-6-8-14(23)9-7-13/h6-9H,2-5,10-12H2,1H3. The van der Waals surface area contributed by atoms with Gasteiger partial charge in [0.2, 0.25) is 11.7 Å². The molecule has 0 saturated carbocycles. The van der Waals surface area contributed by atoms with Gasteiger partial charge in [-0.25, -0.2) is 4.98 Å². The number of methoxy groups -OCH3 is 1. The third kappa shape index (κ3) is 4.22. The van der Waals surface area contributed by atoms with Gasteiger partial charge >= 0.3 is 0 Å². The van der Waals surface area contributed by atoms with Gasteiger partial charge < -0.3 is 9.26 Å². The van der Waals surface area contributed by atoms with Crippen LogP contribution in [0.15, 0.2) is 38.7 Å². The summed E-state index contributed by atoms with van der Waals surface area (Å²) in [5, 5.41) is 6.14. The molecule has 5 rings (SSSR count). The van der Waals surface area contributed by atoms with E-state index in [1.54, 1.807) is 35.1 Å². The quantitative estimate of drug-likeness (QED) is 0.268. The van der Waals surface area contributed by atoms with E-state index in [9.17, 15) is 4.79 Å². The van der Waals surface area contributed by atoms with Crippen molar-refractivity contribution in [1.82, 2.24) is 19.7 Å². The fourth-order valence-electron chi connectivity index (χ4n) is 3.87. The van der Waals surface area contributed by atoms with E-state index in [4.69, 9.17) is 25.8 Å². The van der Waals surface area contributed by atoms with Gasteiger partial charge in [0.15, 0.2) is 5.16 Å². The Morgan fingerprint density at radius 2 is 2.03 bits per heavy atom. The molecule has 1 aliphatic carbocycles. The Hall–Kier alpha value is -2.20. The Morgan fingerprint density at radius 3 is 2.84 bits per heavy atom. The van der Waals surface area contributed by atoms with Crippen LogP contribution in [0.25, 0.3) is 21.6 Å². The SMILES string of the molecule is COCCn1c(SCc2nc(-c3ccc(Cl)cc3)no2)nc2sc3c(c2c1=O)CCCC3. The summed E-state index contributed by atoms with van der Waals surface area (Å²) in [6.45, 7) is 0.888. The molecular weight excluding hydrogens is 468 g/mol. The molecule has 0 spiro atoms. The van der Waals surface area contributed by atoms with Gasteiger partial charge in [0.25, 0.3) is 5.56 Å². The molecule has 0 bridgehead atoms. The predicted octanol–water partition coefficient (Wildman–Crippen LogP) is 4.98. The van der Waals surface area contributed by atoms with Crippen LogP contribution in [-0.2, 0) is 29.9 Å². The lowest BCUT2D eigenvalue weighted by Gasteiger charge is -2.12. The Morgan fingerprint density at radius 1 is 1.22 bits per heavy atom. The minimum absolute atomic E-state index is 0.0151. The molecule has 3 heterocycles. The molecule has 1 aliphatic rings. The van der Waals surface area contributed by atoms with Crippen LogP contribution in [0.3, 0.4) is 0 Å². The van der Waals surface area contributed by atoms with Crippen LogP contribution in [-0.4, -0.2) is 33.4 Å². The van der Waals surface area contributed by atoms with E-state index in [0.29, 0.717) is 40.8 Å². The maximum atomic E-state index is 13.4. The number of benzene rings is 1. The van der Waals surface area contributed by atoms with Crippen LogP contribution in [0.1, 0.15) is 29.2 Å². The number of rotatable bonds is 7. The summed E-state index contributed by atoms with van der Waals surface area (Å²) in [5.74, 6) is 1.39. The average molecular weight is 489 g/mol. The van der Waals surface area contributed by atoms with Gasteiger partial charge in [-0.2, -0.15) is 4.98 Å². The number of hydrogen-bond donors (Lipinski definition) is 0. The molecule has 7 nitrogen and oxygen atoms in total. The number of aromatic nitrogens is 4. The lowest BCUT2D eigenvalue weighted by molar-refractivity contribution is 0.183. The van der Waals surface area contributed by atoms with Crippen molar-refractivity contribution in [2.24, 2.45) is 0 Å². The van der Waals surface area contributed by atoms with E-state index >= 15 is 0 Å². The van der Waals surface area contributed by atoms with Gasteiger partial charge in [-0.15, -0.1) is 11.3 Å². The third-order valence-electron chi connectivity index (χ3n) is 5.45. The maximum absolute atomic E-state index is 13.4. The highest BCUT2D eigenvalue weighted by atomic mass is 35.5. The number of nitrogens with zero attached hydrogens (tertiary/aromatic N) is 4. The van der Waals surface area contributed by atoms with Crippen molar-refractivity contribution in [3.8, 4) is 11.4 Å². The first-order valence-electron chi connectivity index (χ1n) is 10.4. The fraction of sp³-hybridized carbons (Fsp3) is 0.364. The van der Waals surface area contributed by atoms with E-state index in [1.165, 1.54) is 28.6 Å². The lowest BCUT2D eigenvalue weighted by Crippen LogP contribution is -2.25. The number of halogens is 1. The van der Waals surface area contributed by atoms with E-state index in [2.05, 4.69) is 10.1 Å². The highest BCUT2D eigenvalue weighted by Gasteiger charge is 2.22. The second-order valence-corrected chi connectivity index (χ2v) is 10.0. The molecule has 3 aromatic heterocycles. The van der Waals surface area contributed by atoms with Gasteiger partial charge in [0.05, 0.1) is 24.3 Å². The molecule has 0 unspecified atom stereocenters. The Bertz CT molecular complexity index is 1310. The minimum Gasteiger partial charge on any atom is -0.383 e. The summed E-state index contributed by atoms with van der Waals surface area (Å²) in [6, 6.07) is 7.27. The molecule has 0 amide bonds. The van der Waals surface area contributed by atoms with Crippen molar-refractivity contribution < 1.29 is 9.26 Å².